The first-order valence-corrected chi connectivity index (χ1v) is 7.24. The molecule has 0 saturated heterocycles. The first-order valence-electron chi connectivity index (χ1n) is 5.56. The summed E-state index contributed by atoms with van der Waals surface area (Å²) in [5.41, 5.74) is 1.08. The number of thiophene rings is 1. The van der Waals surface area contributed by atoms with Crippen molar-refractivity contribution in [2.45, 2.75) is 19.9 Å². The monoisotopic (exact) mass is 327 g/mol. The number of aryl methyl sites for hydroxylation is 1. The van der Waals surface area contributed by atoms with E-state index in [0.717, 1.165) is 20.7 Å². The van der Waals surface area contributed by atoms with Gasteiger partial charge in [0.05, 0.1) is 19.2 Å². The SMILES string of the molecule is Cc1ccoc1CN(C)C(=O)Cc1sccc1Br. The second-order valence-corrected chi connectivity index (χ2v) is 6.00. The fourth-order valence-electron chi connectivity index (χ4n) is 1.59. The molecule has 2 aromatic heterocycles. The van der Waals surface area contributed by atoms with Crippen molar-refractivity contribution in [3.8, 4) is 0 Å². The number of furan rings is 1. The van der Waals surface area contributed by atoms with Crippen molar-refractivity contribution in [2.24, 2.45) is 0 Å². The van der Waals surface area contributed by atoms with E-state index in [9.17, 15) is 4.79 Å². The molecule has 0 aromatic carbocycles. The minimum atomic E-state index is 0.0916. The van der Waals surface area contributed by atoms with Gasteiger partial charge in [0.25, 0.3) is 0 Å². The Labute approximate surface area is 119 Å². The van der Waals surface area contributed by atoms with Crippen LogP contribution in [0.3, 0.4) is 0 Å². The molecular formula is C13H14BrNO2S. The Morgan fingerprint density at radius 1 is 1.50 bits per heavy atom. The number of likely N-dealkylation sites (N-methyl/N-ethyl adjacent to an activating group) is 1. The summed E-state index contributed by atoms with van der Waals surface area (Å²) in [7, 11) is 1.80. The second kappa shape index (κ2) is 5.71. The van der Waals surface area contributed by atoms with Gasteiger partial charge in [0, 0.05) is 16.4 Å². The maximum atomic E-state index is 12.1. The van der Waals surface area contributed by atoms with Crippen LogP contribution in [0.5, 0.6) is 0 Å². The fraction of sp³-hybridized carbons (Fsp3) is 0.308. The second-order valence-electron chi connectivity index (χ2n) is 4.15. The maximum absolute atomic E-state index is 12.1. The quantitative estimate of drug-likeness (QED) is 0.859. The Bertz CT molecular complexity index is 547. The standard InChI is InChI=1S/C13H14BrNO2S/c1-9-3-5-17-11(9)8-15(2)13(16)7-12-10(14)4-6-18-12/h3-6H,7-8H2,1-2H3. The Morgan fingerprint density at radius 3 is 2.83 bits per heavy atom. The molecule has 0 aliphatic heterocycles. The van der Waals surface area contributed by atoms with E-state index in [-0.39, 0.29) is 5.91 Å². The van der Waals surface area contributed by atoms with Gasteiger partial charge in [-0.2, -0.15) is 0 Å². The number of nitrogens with zero attached hydrogens (tertiary/aromatic N) is 1. The average molecular weight is 328 g/mol. The molecule has 0 fully saturated rings. The van der Waals surface area contributed by atoms with Gasteiger partial charge in [-0.3, -0.25) is 4.79 Å². The van der Waals surface area contributed by atoms with Crippen LogP contribution in [-0.4, -0.2) is 17.9 Å². The molecule has 0 aliphatic carbocycles. The zero-order chi connectivity index (χ0) is 13.1. The molecule has 0 N–H and O–H groups in total. The van der Waals surface area contributed by atoms with Crippen LogP contribution in [0.4, 0.5) is 0 Å². The first kappa shape index (κ1) is 13.4. The third-order valence-electron chi connectivity index (χ3n) is 2.78. The van der Waals surface area contributed by atoms with Gasteiger partial charge >= 0.3 is 0 Å². The van der Waals surface area contributed by atoms with Crippen LogP contribution >= 0.6 is 27.3 Å². The van der Waals surface area contributed by atoms with Gasteiger partial charge in [-0.25, -0.2) is 0 Å². The summed E-state index contributed by atoms with van der Waals surface area (Å²) < 4.78 is 6.35. The van der Waals surface area contributed by atoms with E-state index in [1.54, 1.807) is 29.5 Å². The minimum absolute atomic E-state index is 0.0916. The number of carbonyl (C=O) groups is 1. The lowest BCUT2D eigenvalue weighted by molar-refractivity contribution is -0.129. The number of rotatable bonds is 4. The van der Waals surface area contributed by atoms with Gasteiger partial charge in [0.2, 0.25) is 5.91 Å². The predicted molar refractivity (Wildman–Crippen MR) is 75.6 cm³/mol. The zero-order valence-electron chi connectivity index (χ0n) is 10.3. The molecule has 3 nitrogen and oxygen atoms in total. The van der Waals surface area contributed by atoms with E-state index < -0.39 is 0 Å². The molecule has 1 amide bonds. The third kappa shape index (κ3) is 3.03. The van der Waals surface area contributed by atoms with E-state index in [0.29, 0.717) is 13.0 Å². The first-order chi connectivity index (χ1) is 8.58. The Balaban J connectivity index is 1.97. The number of amides is 1. The Morgan fingerprint density at radius 2 is 2.28 bits per heavy atom. The van der Waals surface area contributed by atoms with E-state index in [1.165, 1.54) is 0 Å². The lowest BCUT2D eigenvalue weighted by atomic mass is 10.2. The summed E-state index contributed by atoms with van der Waals surface area (Å²) in [5, 5.41) is 1.98. The highest BCUT2D eigenvalue weighted by atomic mass is 79.9. The van der Waals surface area contributed by atoms with Gasteiger partial charge < -0.3 is 9.32 Å². The summed E-state index contributed by atoms with van der Waals surface area (Å²) in [6.07, 6.45) is 2.08. The molecule has 5 heteroatoms. The summed E-state index contributed by atoms with van der Waals surface area (Å²) in [5.74, 6) is 0.935. The summed E-state index contributed by atoms with van der Waals surface area (Å²) in [6.45, 7) is 2.49. The van der Waals surface area contributed by atoms with Crippen molar-refractivity contribution in [3.63, 3.8) is 0 Å². The highest BCUT2D eigenvalue weighted by Gasteiger charge is 2.14. The van der Waals surface area contributed by atoms with Gasteiger partial charge in [-0.15, -0.1) is 11.3 Å². The van der Waals surface area contributed by atoms with Crippen LogP contribution < -0.4 is 0 Å². The molecular weight excluding hydrogens is 314 g/mol. The maximum Gasteiger partial charge on any atom is 0.228 e. The largest absolute Gasteiger partial charge is 0.467 e. The molecule has 0 bridgehead atoms. The van der Waals surface area contributed by atoms with E-state index >= 15 is 0 Å². The molecule has 0 unspecified atom stereocenters. The van der Waals surface area contributed by atoms with Crippen LogP contribution in [0.25, 0.3) is 0 Å². The molecule has 2 rings (SSSR count). The van der Waals surface area contributed by atoms with E-state index in [1.807, 2.05) is 24.4 Å². The summed E-state index contributed by atoms with van der Waals surface area (Å²) in [6, 6.07) is 3.87. The molecule has 2 heterocycles. The van der Waals surface area contributed by atoms with Crippen LogP contribution in [0.1, 0.15) is 16.2 Å². The van der Waals surface area contributed by atoms with Crippen molar-refractivity contribution < 1.29 is 9.21 Å². The van der Waals surface area contributed by atoms with Gasteiger partial charge in [0.15, 0.2) is 0 Å². The number of halogens is 1. The van der Waals surface area contributed by atoms with E-state index in [4.69, 9.17) is 4.42 Å². The fourth-order valence-corrected chi connectivity index (χ4v) is 3.08. The Hall–Kier alpha value is -1.07. The Kier molecular flexibility index (Phi) is 4.24. The average Bonchev–Trinajstić information content (AvgIpc) is 2.90. The molecule has 2 aromatic rings. The molecule has 18 heavy (non-hydrogen) atoms. The minimum Gasteiger partial charge on any atom is -0.467 e. The van der Waals surface area contributed by atoms with Crippen molar-refractivity contribution in [1.29, 1.82) is 0 Å². The number of hydrogen-bond donors (Lipinski definition) is 0. The van der Waals surface area contributed by atoms with Gasteiger partial charge in [0.1, 0.15) is 5.76 Å². The van der Waals surface area contributed by atoms with Crippen molar-refractivity contribution in [1.82, 2.24) is 4.90 Å². The molecule has 0 radical (unpaired) electrons. The molecule has 96 valence electrons. The summed E-state index contributed by atoms with van der Waals surface area (Å²) in [4.78, 5) is 14.8. The van der Waals surface area contributed by atoms with Crippen LogP contribution in [-0.2, 0) is 17.8 Å². The van der Waals surface area contributed by atoms with Crippen LogP contribution in [0.15, 0.2) is 32.7 Å². The molecule has 0 spiro atoms. The normalized spacial score (nSPS) is 10.6. The molecule has 0 saturated carbocycles. The third-order valence-corrected chi connectivity index (χ3v) is 4.70. The van der Waals surface area contributed by atoms with Crippen LogP contribution in [0.2, 0.25) is 0 Å². The number of hydrogen-bond acceptors (Lipinski definition) is 3. The lowest BCUT2D eigenvalue weighted by Gasteiger charge is -2.16. The van der Waals surface area contributed by atoms with E-state index in [2.05, 4.69) is 15.9 Å². The summed E-state index contributed by atoms with van der Waals surface area (Å²) >= 11 is 5.03. The molecule has 0 aliphatic rings. The van der Waals surface area contributed by atoms with Gasteiger partial charge in [-0.05, 0) is 45.9 Å². The highest BCUT2D eigenvalue weighted by molar-refractivity contribution is 9.10. The lowest BCUT2D eigenvalue weighted by Crippen LogP contribution is -2.27. The topological polar surface area (TPSA) is 33.5 Å². The van der Waals surface area contributed by atoms with Crippen LogP contribution in [0, 0.1) is 6.92 Å². The molecule has 0 atom stereocenters. The smallest absolute Gasteiger partial charge is 0.228 e. The van der Waals surface area contributed by atoms with Gasteiger partial charge in [-0.1, -0.05) is 0 Å². The van der Waals surface area contributed by atoms with Crippen molar-refractivity contribution in [3.05, 3.63) is 44.4 Å². The van der Waals surface area contributed by atoms with Crippen molar-refractivity contribution in [2.75, 3.05) is 7.05 Å². The van der Waals surface area contributed by atoms with Crippen molar-refractivity contribution >= 4 is 33.2 Å². The predicted octanol–water partition coefficient (Wildman–Crippen LogP) is 3.61. The number of carbonyl (C=O) groups excluding carboxylic acids is 1. The highest BCUT2D eigenvalue weighted by Crippen LogP contribution is 2.23. The zero-order valence-corrected chi connectivity index (χ0v) is 12.7.